The second-order valence-electron chi connectivity index (χ2n) is 7.88. The molecule has 2 aromatic rings. The van der Waals surface area contributed by atoms with Crippen LogP contribution < -0.4 is 14.8 Å². The molecule has 1 N–H and O–H groups in total. The van der Waals surface area contributed by atoms with Gasteiger partial charge in [0.25, 0.3) is 0 Å². The van der Waals surface area contributed by atoms with Crippen LogP contribution >= 0.6 is 0 Å². The van der Waals surface area contributed by atoms with Gasteiger partial charge in [-0.1, -0.05) is 31.2 Å². The van der Waals surface area contributed by atoms with E-state index in [1.807, 2.05) is 24.3 Å². The van der Waals surface area contributed by atoms with Crippen molar-refractivity contribution in [3.05, 3.63) is 59.2 Å². The molecule has 1 heterocycles. The van der Waals surface area contributed by atoms with Crippen molar-refractivity contribution in [2.75, 3.05) is 27.3 Å². The first-order chi connectivity index (χ1) is 14.1. The van der Waals surface area contributed by atoms with Gasteiger partial charge in [-0.25, -0.2) is 0 Å². The molecule has 1 saturated heterocycles. The fourth-order valence-electron chi connectivity index (χ4n) is 4.00. The van der Waals surface area contributed by atoms with Crippen LogP contribution in [0.4, 0.5) is 0 Å². The minimum atomic E-state index is -0.0297. The van der Waals surface area contributed by atoms with Gasteiger partial charge in [0.15, 0.2) is 0 Å². The number of piperidine rings is 1. The molecule has 0 spiro atoms. The van der Waals surface area contributed by atoms with E-state index in [1.54, 1.807) is 14.2 Å². The summed E-state index contributed by atoms with van der Waals surface area (Å²) in [6, 6.07) is 13.9. The number of ether oxygens (including phenoxy) is 2. The van der Waals surface area contributed by atoms with Gasteiger partial charge in [0.1, 0.15) is 11.5 Å². The van der Waals surface area contributed by atoms with Crippen LogP contribution in [0.2, 0.25) is 0 Å². The molecule has 1 atom stereocenters. The van der Waals surface area contributed by atoms with E-state index in [-0.39, 0.29) is 12.3 Å². The van der Waals surface area contributed by atoms with Gasteiger partial charge in [0.05, 0.1) is 20.6 Å². The van der Waals surface area contributed by atoms with Crippen LogP contribution in [0.25, 0.3) is 0 Å². The third-order valence-corrected chi connectivity index (χ3v) is 5.57. The molecular formula is C24H32N2O3. The topological polar surface area (TPSA) is 50.8 Å². The predicted molar refractivity (Wildman–Crippen MR) is 115 cm³/mol. The van der Waals surface area contributed by atoms with Crippen LogP contribution in [0.15, 0.2) is 42.5 Å². The van der Waals surface area contributed by atoms with Gasteiger partial charge < -0.3 is 14.8 Å². The number of hydrogen-bond acceptors (Lipinski definition) is 4. The molecule has 1 aliphatic rings. The van der Waals surface area contributed by atoms with Crippen molar-refractivity contribution in [2.24, 2.45) is 5.92 Å². The normalized spacial score (nSPS) is 17.0. The van der Waals surface area contributed by atoms with E-state index in [9.17, 15) is 4.79 Å². The van der Waals surface area contributed by atoms with Crippen molar-refractivity contribution in [1.82, 2.24) is 10.2 Å². The zero-order chi connectivity index (χ0) is 20.6. The molecule has 0 bridgehead atoms. The second-order valence-corrected chi connectivity index (χ2v) is 7.88. The van der Waals surface area contributed by atoms with Gasteiger partial charge >= 0.3 is 0 Å². The lowest BCUT2D eigenvalue weighted by Gasteiger charge is -2.31. The Balaban J connectivity index is 1.61. The van der Waals surface area contributed by atoms with Crippen LogP contribution in [0.5, 0.6) is 11.5 Å². The zero-order valence-corrected chi connectivity index (χ0v) is 17.7. The van der Waals surface area contributed by atoms with Gasteiger partial charge in [-0.15, -0.1) is 0 Å². The van der Waals surface area contributed by atoms with Gasteiger partial charge in [0.2, 0.25) is 5.91 Å². The van der Waals surface area contributed by atoms with Gasteiger partial charge in [-0.2, -0.15) is 0 Å². The number of nitrogens with zero attached hydrogens (tertiary/aromatic N) is 1. The fraction of sp³-hybridized carbons (Fsp3) is 0.458. The zero-order valence-electron chi connectivity index (χ0n) is 17.7. The van der Waals surface area contributed by atoms with Crippen molar-refractivity contribution in [1.29, 1.82) is 0 Å². The highest BCUT2D eigenvalue weighted by Gasteiger charge is 2.17. The summed E-state index contributed by atoms with van der Waals surface area (Å²) in [5.74, 6) is 2.14. The molecule has 156 valence electrons. The van der Waals surface area contributed by atoms with E-state index in [1.165, 1.54) is 24.0 Å². The van der Waals surface area contributed by atoms with Crippen molar-refractivity contribution in [3.8, 4) is 11.5 Å². The average Bonchev–Trinajstić information content (AvgIpc) is 2.73. The van der Waals surface area contributed by atoms with E-state index < -0.39 is 0 Å². The van der Waals surface area contributed by atoms with Crippen LogP contribution in [0.1, 0.15) is 36.5 Å². The molecule has 0 aliphatic carbocycles. The summed E-state index contributed by atoms with van der Waals surface area (Å²) in [5, 5.41) is 3.07. The Morgan fingerprint density at radius 3 is 2.62 bits per heavy atom. The van der Waals surface area contributed by atoms with Crippen LogP contribution in [-0.2, 0) is 24.3 Å². The van der Waals surface area contributed by atoms with E-state index in [0.29, 0.717) is 12.3 Å². The molecule has 1 fully saturated rings. The van der Waals surface area contributed by atoms with Crippen molar-refractivity contribution in [2.45, 2.75) is 39.3 Å². The first-order valence-corrected chi connectivity index (χ1v) is 10.4. The summed E-state index contributed by atoms with van der Waals surface area (Å²) >= 11 is 0. The maximum absolute atomic E-state index is 12.6. The molecule has 0 aromatic heterocycles. The molecule has 1 amide bonds. The lowest BCUT2D eigenvalue weighted by molar-refractivity contribution is -0.120. The van der Waals surface area contributed by atoms with E-state index in [4.69, 9.17) is 9.47 Å². The highest BCUT2D eigenvalue weighted by molar-refractivity contribution is 5.79. The standard InChI is InChI=1S/C24H32N2O3/c1-18-7-6-12-26(16-18)17-20-9-5-4-8-19(20)15-25-24(27)14-21-13-22(28-2)10-11-23(21)29-3/h4-5,8-11,13,18H,6-7,12,14-17H2,1-3H3,(H,25,27). The van der Waals surface area contributed by atoms with Crippen LogP contribution in [0, 0.1) is 5.92 Å². The monoisotopic (exact) mass is 396 g/mol. The average molecular weight is 397 g/mol. The molecule has 5 heteroatoms. The third kappa shape index (κ3) is 5.97. The van der Waals surface area contributed by atoms with Gasteiger partial charge in [0, 0.05) is 25.2 Å². The molecular weight excluding hydrogens is 364 g/mol. The van der Waals surface area contributed by atoms with E-state index in [0.717, 1.165) is 36.9 Å². The highest BCUT2D eigenvalue weighted by Crippen LogP contribution is 2.24. The van der Waals surface area contributed by atoms with Crippen molar-refractivity contribution < 1.29 is 14.3 Å². The molecule has 0 saturated carbocycles. The first kappa shape index (κ1) is 21.2. The molecule has 1 unspecified atom stereocenters. The molecule has 1 aliphatic heterocycles. The molecule has 29 heavy (non-hydrogen) atoms. The Morgan fingerprint density at radius 2 is 1.90 bits per heavy atom. The number of carbonyl (C=O) groups excluding carboxylic acids is 1. The minimum absolute atomic E-state index is 0.0297. The summed E-state index contributed by atoms with van der Waals surface area (Å²) in [6.45, 7) is 6.10. The Kier molecular flexibility index (Phi) is 7.53. The number of amides is 1. The smallest absolute Gasteiger partial charge is 0.224 e. The molecule has 2 aromatic carbocycles. The fourth-order valence-corrected chi connectivity index (χ4v) is 4.00. The quantitative estimate of drug-likeness (QED) is 0.738. The molecule has 3 rings (SSSR count). The lowest BCUT2D eigenvalue weighted by Crippen LogP contribution is -2.34. The summed E-state index contributed by atoms with van der Waals surface area (Å²) in [4.78, 5) is 15.1. The maximum Gasteiger partial charge on any atom is 0.224 e. The number of methoxy groups -OCH3 is 2. The number of nitrogens with one attached hydrogen (secondary N) is 1. The summed E-state index contributed by atoms with van der Waals surface area (Å²) in [6.07, 6.45) is 2.84. The third-order valence-electron chi connectivity index (χ3n) is 5.57. The van der Waals surface area contributed by atoms with Crippen LogP contribution in [-0.4, -0.2) is 38.1 Å². The van der Waals surface area contributed by atoms with Crippen LogP contribution in [0.3, 0.4) is 0 Å². The Morgan fingerprint density at radius 1 is 1.10 bits per heavy atom. The summed E-state index contributed by atoms with van der Waals surface area (Å²) in [7, 11) is 3.23. The molecule has 5 nitrogen and oxygen atoms in total. The van der Waals surface area contributed by atoms with Crippen molar-refractivity contribution in [3.63, 3.8) is 0 Å². The van der Waals surface area contributed by atoms with Gasteiger partial charge in [-0.3, -0.25) is 9.69 Å². The summed E-state index contributed by atoms with van der Waals surface area (Å²) < 4.78 is 10.6. The Bertz CT molecular complexity index is 822. The number of rotatable bonds is 8. The van der Waals surface area contributed by atoms with E-state index >= 15 is 0 Å². The largest absolute Gasteiger partial charge is 0.497 e. The number of hydrogen-bond donors (Lipinski definition) is 1. The summed E-state index contributed by atoms with van der Waals surface area (Å²) in [5.41, 5.74) is 3.29. The maximum atomic E-state index is 12.6. The predicted octanol–water partition coefficient (Wildman–Crippen LogP) is 3.79. The minimum Gasteiger partial charge on any atom is -0.497 e. The Labute approximate surface area is 174 Å². The molecule has 0 radical (unpaired) electrons. The second kappa shape index (κ2) is 10.3. The highest BCUT2D eigenvalue weighted by atomic mass is 16.5. The van der Waals surface area contributed by atoms with Crippen molar-refractivity contribution >= 4 is 5.91 Å². The number of carbonyl (C=O) groups is 1. The van der Waals surface area contributed by atoms with E-state index in [2.05, 4.69) is 35.3 Å². The number of benzene rings is 2. The first-order valence-electron chi connectivity index (χ1n) is 10.4. The number of likely N-dealkylation sites (tertiary alicyclic amines) is 1. The SMILES string of the molecule is COc1ccc(OC)c(CC(=O)NCc2ccccc2CN2CCCC(C)C2)c1. The Hall–Kier alpha value is -2.53. The van der Waals surface area contributed by atoms with Gasteiger partial charge in [-0.05, 0) is 54.6 Å². The lowest BCUT2D eigenvalue weighted by atomic mass is 9.99.